The first-order valence-corrected chi connectivity index (χ1v) is 12.4. The van der Waals surface area contributed by atoms with Gasteiger partial charge in [0.1, 0.15) is 11.9 Å². The molecular weight excluding hydrogens is 462 g/mol. The van der Waals surface area contributed by atoms with Gasteiger partial charge in [0.15, 0.2) is 5.82 Å². The Labute approximate surface area is 211 Å². The van der Waals surface area contributed by atoms with Gasteiger partial charge < -0.3 is 10.3 Å². The number of imidazole rings is 1. The Balaban J connectivity index is 1.36. The van der Waals surface area contributed by atoms with Gasteiger partial charge in [0.05, 0.1) is 40.3 Å². The molecular formula is C29H21N7O. The zero-order valence-corrected chi connectivity index (χ0v) is 19.7. The van der Waals surface area contributed by atoms with Crippen LogP contribution in [-0.4, -0.2) is 37.7 Å². The maximum absolute atomic E-state index is 12.8. The van der Waals surface area contributed by atoms with E-state index in [1.807, 2.05) is 30.3 Å². The number of para-hydroxylation sites is 1. The van der Waals surface area contributed by atoms with Crippen molar-refractivity contribution in [3.8, 4) is 22.4 Å². The Morgan fingerprint density at radius 1 is 0.892 bits per heavy atom. The van der Waals surface area contributed by atoms with Crippen LogP contribution in [0.3, 0.4) is 0 Å². The summed E-state index contributed by atoms with van der Waals surface area (Å²) in [6.07, 6.45) is 4.47. The van der Waals surface area contributed by atoms with E-state index in [-0.39, 0.29) is 18.1 Å². The maximum Gasteiger partial charge on any atom is 0.224 e. The largest absolute Gasteiger partial charge is 0.337 e. The highest BCUT2D eigenvalue weighted by Gasteiger charge is 2.44. The van der Waals surface area contributed by atoms with E-state index in [9.17, 15) is 4.79 Å². The minimum atomic E-state index is -0.0526. The molecule has 2 atom stereocenters. The molecule has 3 aliphatic heterocycles. The fourth-order valence-corrected chi connectivity index (χ4v) is 5.35. The van der Waals surface area contributed by atoms with E-state index in [0.717, 1.165) is 56.0 Å². The highest BCUT2D eigenvalue weighted by atomic mass is 16.1. The van der Waals surface area contributed by atoms with Crippen molar-refractivity contribution < 1.29 is 4.79 Å². The number of aryl methyl sites for hydroxylation is 1. The fraction of sp³-hybridized carbons (Fsp3) is 0.138. The van der Waals surface area contributed by atoms with Gasteiger partial charge in [0.2, 0.25) is 5.91 Å². The molecule has 8 nitrogen and oxygen atoms in total. The number of nitrogens with one attached hydrogen (secondary N) is 3. The molecule has 8 rings (SSSR count). The molecule has 8 heteroatoms. The van der Waals surface area contributed by atoms with Crippen molar-refractivity contribution in [2.45, 2.75) is 25.0 Å². The molecule has 0 spiro atoms. The molecule has 0 radical (unpaired) electrons. The normalized spacial score (nSPS) is 19.5. The summed E-state index contributed by atoms with van der Waals surface area (Å²) in [7, 11) is 0. The minimum Gasteiger partial charge on any atom is -0.337 e. The highest BCUT2D eigenvalue weighted by molar-refractivity contribution is 6.13. The Hall–Kier alpha value is -4.69. The average Bonchev–Trinajstić information content (AvgIpc) is 3.59. The maximum atomic E-state index is 12.8. The predicted octanol–water partition coefficient (Wildman–Crippen LogP) is 4.39. The number of pyridine rings is 2. The van der Waals surface area contributed by atoms with Crippen LogP contribution in [0.25, 0.3) is 33.4 Å². The van der Waals surface area contributed by atoms with Gasteiger partial charge in [-0.05, 0) is 35.7 Å². The van der Waals surface area contributed by atoms with Gasteiger partial charge in [-0.15, -0.1) is 0 Å². The first-order valence-electron chi connectivity index (χ1n) is 12.4. The SMILES string of the molecule is O=C1CCc2cccc(c2)-c2cccc3[nH]c(nc23)C2=NC3NC3c3ccc(nc32)-c2cncc(c2)N1. The van der Waals surface area contributed by atoms with Crippen LogP contribution in [0.15, 0.2) is 78.0 Å². The number of anilines is 1. The Morgan fingerprint density at radius 3 is 2.81 bits per heavy atom. The number of nitrogens with zero attached hydrogens (tertiary/aromatic N) is 4. The molecule has 2 aromatic carbocycles. The van der Waals surface area contributed by atoms with Gasteiger partial charge in [-0.1, -0.05) is 42.5 Å². The summed E-state index contributed by atoms with van der Waals surface area (Å²) in [6.45, 7) is 0. The summed E-state index contributed by atoms with van der Waals surface area (Å²) >= 11 is 0. The number of amides is 1. The quantitative estimate of drug-likeness (QED) is 0.282. The Morgan fingerprint density at radius 2 is 1.84 bits per heavy atom. The lowest BCUT2D eigenvalue weighted by molar-refractivity contribution is -0.116. The highest BCUT2D eigenvalue weighted by Crippen LogP contribution is 2.39. The van der Waals surface area contributed by atoms with Crippen LogP contribution in [0, 0.1) is 0 Å². The van der Waals surface area contributed by atoms with Crippen molar-refractivity contribution in [2.24, 2.45) is 4.99 Å². The third kappa shape index (κ3) is 3.37. The van der Waals surface area contributed by atoms with Crippen molar-refractivity contribution in [3.05, 3.63) is 95.7 Å². The van der Waals surface area contributed by atoms with Gasteiger partial charge >= 0.3 is 0 Å². The molecule has 3 aliphatic rings. The van der Waals surface area contributed by atoms with Crippen molar-refractivity contribution >= 4 is 28.3 Å². The average molecular weight is 484 g/mol. The number of rotatable bonds is 0. The van der Waals surface area contributed by atoms with E-state index in [1.165, 1.54) is 0 Å². The second-order valence-electron chi connectivity index (χ2n) is 9.70. The predicted molar refractivity (Wildman–Crippen MR) is 141 cm³/mol. The lowest BCUT2D eigenvalue weighted by Crippen LogP contribution is -2.16. The molecule has 178 valence electrons. The third-order valence-corrected chi connectivity index (χ3v) is 7.24. The van der Waals surface area contributed by atoms with E-state index in [4.69, 9.17) is 15.0 Å². The molecule has 0 aliphatic carbocycles. The molecule has 8 bridgehead atoms. The smallest absolute Gasteiger partial charge is 0.224 e. The van der Waals surface area contributed by atoms with Crippen LogP contribution >= 0.6 is 0 Å². The zero-order valence-electron chi connectivity index (χ0n) is 19.7. The molecule has 37 heavy (non-hydrogen) atoms. The lowest BCUT2D eigenvalue weighted by atomic mass is 9.99. The summed E-state index contributed by atoms with van der Waals surface area (Å²) in [4.78, 5) is 35.7. The topological polar surface area (TPSA) is 118 Å². The summed E-state index contributed by atoms with van der Waals surface area (Å²) in [5, 5.41) is 6.43. The lowest BCUT2D eigenvalue weighted by Gasteiger charge is -2.15. The van der Waals surface area contributed by atoms with Gasteiger partial charge in [0, 0.05) is 29.3 Å². The summed E-state index contributed by atoms with van der Waals surface area (Å²) < 4.78 is 0. The van der Waals surface area contributed by atoms with Gasteiger partial charge in [-0.3, -0.25) is 20.1 Å². The van der Waals surface area contributed by atoms with Crippen LogP contribution in [-0.2, 0) is 11.2 Å². The van der Waals surface area contributed by atoms with E-state index < -0.39 is 0 Å². The molecule has 3 aromatic heterocycles. The van der Waals surface area contributed by atoms with E-state index in [0.29, 0.717) is 24.4 Å². The molecule has 5 aromatic rings. The number of benzene rings is 2. The second-order valence-corrected chi connectivity index (χ2v) is 9.70. The summed E-state index contributed by atoms with van der Waals surface area (Å²) in [5.41, 5.74) is 9.93. The number of hydrogen-bond acceptors (Lipinski definition) is 6. The van der Waals surface area contributed by atoms with Crippen molar-refractivity contribution in [1.82, 2.24) is 25.3 Å². The fourth-order valence-electron chi connectivity index (χ4n) is 5.35. The van der Waals surface area contributed by atoms with Crippen molar-refractivity contribution in [3.63, 3.8) is 0 Å². The molecule has 1 amide bonds. The second kappa shape index (κ2) is 7.65. The number of carbonyl (C=O) groups is 1. The van der Waals surface area contributed by atoms with Gasteiger partial charge in [-0.25, -0.2) is 9.97 Å². The van der Waals surface area contributed by atoms with Crippen LogP contribution in [0.5, 0.6) is 0 Å². The number of fused-ring (bicyclic) bond motifs is 11. The Kier molecular flexibility index (Phi) is 4.24. The Bertz CT molecular complexity index is 1790. The first kappa shape index (κ1) is 20.5. The monoisotopic (exact) mass is 483 g/mol. The van der Waals surface area contributed by atoms with Crippen molar-refractivity contribution in [1.29, 1.82) is 0 Å². The molecule has 2 unspecified atom stereocenters. The summed E-state index contributed by atoms with van der Waals surface area (Å²) in [6, 6.07) is 20.7. The molecule has 0 saturated carbocycles. The van der Waals surface area contributed by atoms with Crippen LogP contribution in [0.1, 0.15) is 35.1 Å². The number of aromatic amines is 1. The number of aromatic nitrogens is 4. The molecule has 6 heterocycles. The zero-order chi connectivity index (χ0) is 24.5. The number of carbonyl (C=O) groups excluding carboxylic acids is 1. The van der Waals surface area contributed by atoms with Crippen LogP contribution < -0.4 is 10.6 Å². The number of hydrogen-bond donors (Lipinski definition) is 3. The van der Waals surface area contributed by atoms with Crippen molar-refractivity contribution in [2.75, 3.05) is 5.32 Å². The third-order valence-electron chi connectivity index (χ3n) is 7.24. The summed E-state index contributed by atoms with van der Waals surface area (Å²) in [5.74, 6) is 0.653. The van der Waals surface area contributed by atoms with E-state index in [2.05, 4.69) is 50.9 Å². The number of aliphatic imine (C=N–C) groups is 1. The van der Waals surface area contributed by atoms with Gasteiger partial charge in [-0.2, -0.15) is 0 Å². The standard InChI is InChI=1S/C29H21N7O/c37-23-10-7-15-3-1-4-16(11-15)19-5-2-6-22-24(19)34-29(33-22)27-25-20(26-28(35-26)36-27)8-9-21(32-25)17-12-18(31-23)14-30-13-17/h1-6,8-9,11-14,26,28,35H,7,10H2,(H,31,37)(H,33,34). The van der Waals surface area contributed by atoms with E-state index >= 15 is 0 Å². The molecule has 1 fully saturated rings. The first-order chi connectivity index (χ1) is 18.2. The minimum absolute atomic E-state index is 0.0394. The number of H-pyrrole nitrogens is 1. The van der Waals surface area contributed by atoms with Gasteiger partial charge in [0.25, 0.3) is 0 Å². The van der Waals surface area contributed by atoms with Crippen LogP contribution in [0.4, 0.5) is 5.69 Å². The van der Waals surface area contributed by atoms with E-state index in [1.54, 1.807) is 12.4 Å². The van der Waals surface area contributed by atoms with Crippen LogP contribution in [0.2, 0.25) is 0 Å². The molecule has 1 saturated heterocycles. The molecule has 3 N–H and O–H groups in total.